The minimum absolute atomic E-state index is 0.711. The summed E-state index contributed by atoms with van der Waals surface area (Å²) in [5, 5.41) is 3.76. The van der Waals surface area contributed by atoms with Gasteiger partial charge in [-0.25, -0.2) is 0 Å². The zero-order valence-electron chi connectivity index (χ0n) is 11.2. The molecule has 2 atom stereocenters. The first-order chi connectivity index (χ1) is 7.68. The van der Waals surface area contributed by atoms with E-state index in [0.717, 1.165) is 18.0 Å². The number of nitrogens with one attached hydrogen (secondary N) is 1. The molecule has 1 saturated carbocycles. The Balaban J connectivity index is 1.76. The van der Waals surface area contributed by atoms with E-state index in [9.17, 15) is 0 Å². The van der Waals surface area contributed by atoms with E-state index in [1.165, 1.54) is 45.2 Å². The van der Waals surface area contributed by atoms with Gasteiger partial charge in [0.15, 0.2) is 0 Å². The molecule has 2 heteroatoms. The molecule has 1 aliphatic carbocycles. The van der Waals surface area contributed by atoms with Crippen molar-refractivity contribution in [3.63, 3.8) is 0 Å². The number of rotatable bonds is 5. The third-order valence-corrected chi connectivity index (χ3v) is 4.34. The fourth-order valence-corrected chi connectivity index (χ4v) is 3.01. The Hall–Kier alpha value is -0.0800. The molecule has 94 valence electrons. The minimum atomic E-state index is 0.711. The zero-order valence-corrected chi connectivity index (χ0v) is 11.2. The Morgan fingerprint density at radius 2 is 1.88 bits per heavy atom. The lowest BCUT2D eigenvalue weighted by molar-refractivity contribution is 0.108. The van der Waals surface area contributed by atoms with Crippen LogP contribution in [0.15, 0.2) is 0 Å². The second kappa shape index (κ2) is 5.50. The molecule has 1 aliphatic heterocycles. The number of nitrogens with zero attached hydrogens (tertiary/aromatic N) is 1. The smallest absolute Gasteiger partial charge is 0.0223 e. The molecule has 1 heterocycles. The maximum Gasteiger partial charge on any atom is 0.0223 e. The van der Waals surface area contributed by atoms with Crippen LogP contribution in [0.1, 0.15) is 52.9 Å². The highest BCUT2D eigenvalue weighted by Gasteiger charge is 2.29. The molecule has 0 bridgehead atoms. The summed E-state index contributed by atoms with van der Waals surface area (Å²) in [6, 6.07) is 2.24. The lowest BCUT2D eigenvalue weighted by Crippen LogP contribution is -2.50. The Labute approximate surface area is 101 Å². The van der Waals surface area contributed by atoms with Crippen LogP contribution in [-0.2, 0) is 0 Å². The maximum atomic E-state index is 3.76. The summed E-state index contributed by atoms with van der Waals surface area (Å²) in [6.45, 7) is 9.54. The van der Waals surface area contributed by atoms with Crippen molar-refractivity contribution in [2.45, 2.75) is 71.0 Å². The lowest BCUT2D eigenvalue weighted by atomic mass is 10.00. The molecule has 1 saturated heterocycles. The first kappa shape index (κ1) is 12.4. The van der Waals surface area contributed by atoms with Crippen LogP contribution in [0.4, 0.5) is 0 Å². The summed E-state index contributed by atoms with van der Waals surface area (Å²) >= 11 is 0. The van der Waals surface area contributed by atoms with Gasteiger partial charge in [0.2, 0.25) is 0 Å². The number of hydrogen-bond donors (Lipinski definition) is 1. The van der Waals surface area contributed by atoms with Crippen LogP contribution < -0.4 is 5.32 Å². The molecule has 2 aliphatic rings. The van der Waals surface area contributed by atoms with E-state index in [0.29, 0.717) is 6.04 Å². The van der Waals surface area contributed by atoms with Crippen LogP contribution >= 0.6 is 0 Å². The van der Waals surface area contributed by atoms with Crippen molar-refractivity contribution in [2.24, 2.45) is 5.92 Å². The summed E-state index contributed by atoms with van der Waals surface area (Å²) in [6.07, 6.45) is 7.11. The molecular formula is C14H28N2. The lowest BCUT2D eigenvalue weighted by Gasteiger charge is -2.39. The van der Waals surface area contributed by atoms with Gasteiger partial charge in [0.1, 0.15) is 0 Å². The van der Waals surface area contributed by atoms with Crippen LogP contribution in [0, 0.1) is 5.92 Å². The van der Waals surface area contributed by atoms with Gasteiger partial charge in [-0.2, -0.15) is 0 Å². The SMILES string of the molecule is CC(NCC1CCCCN1C(C)C)C1CC1. The van der Waals surface area contributed by atoms with Crippen molar-refractivity contribution in [2.75, 3.05) is 13.1 Å². The molecular weight excluding hydrogens is 196 g/mol. The van der Waals surface area contributed by atoms with Crippen molar-refractivity contribution < 1.29 is 0 Å². The summed E-state index contributed by atoms with van der Waals surface area (Å²) in [5.74, 6) is 0.982. The van der Waals surface area contributed by atoms with Crippen LogP contribution in [0.25, 0.3) is 0 Å². The third-order valence-electron chi connectivity index (χ3n) is 4.34. The van der Waals surface area contributed by atoms with Crippen LogP contribution in [-0.4, -0.2) is 36.1 Å². The van der Waals surface area contributed by atoms with Gasteiger partial charge in [0.25, 0.3) is 0 Å². The molecule has 0 amide bonds. The highest BCUT2D eigenvalue weighted by molar-refractivity contribution is 4.86. The highest BCUT2D eigenvalue weighted by atomic mass is 15.2. The van der Waals surface area contributed by atoms with Gasteiger partial charge in [-0.05, 0) is 58.9 Å². The van der Waals surface area contributed by atoms with Gasteiger partial charge in [-0.1, -0.05) is 6.42 Å². The second-order valence-electron chi connectivity index (χ2n) is 6.02. The van der Waals surface area contributed by atoms with E-state index in [2.05, 4.69) is 31.0 Å². The van der Waals surface area contributed by atoms with E-state index in [4.69, 9.17) is 0 Å². The Kier molecular flexibility index (Phi) is 4.26. The van der Waals surface area contributed by atoms with Crippen molar-refractivity contribution in [3.05, 3.63) is 0 Å². The van der Waals surface area contributed by atoms with Crippen LogP contribution in [0.5, 0.6) is 0 Å². The molecule has 2 unspecified atom stereocenters. The fourth-order valence-electron chi connectivity index (χ4n) is 3.01. The van der Waals surface area contributed by atoms with Crippen molar-refractivity contribution in [1.29, 1.82) is 0 Å². The summed E-state index contributed by atoms with van der Waals surface area (Å²) in [4.78, 5) is 2.69. The predicted octanol–water partition coefficient (Wildman–Crippen LogP) is 2.64. The van der Waals surface area contributed by atoms with Crippen LogP contribution in [0.3, 0.4) is 0 Å². The van der Waals surface area contributed by atoms with Crippen molar-refractivity contribution >= 4 is 0 Å². The average molecular weight is 224 g/mol. The molecule has 0 aromatic carbocycles. The molecule has 0 aromatic rings. The molecule has 0 aromatic heterocycles. The molecule has 0 spiro atoms. The van der Waals surface area contributed by atoms with Gasteiger partial charge < -0.3 is 5.32 Å². The first-order valence-corrected chi connectivity index (χ1v) is 7.17. The Bertz CT molecular complexity index is 211. The van der Waals surface area contributed by atoms with E-state index in [-0.39, 0.29) is 0 Å². The highest BCUT2D eigenvalue weighted by Crippen LogP contribution is 2.32. The molecule has 2 rings (SSSR count). The molecule has 2 fully saturated rings. The van der Waals surface area contributed by atoms with Crippen molar-refractivity contribution in [1.82, 2.24) is 10.2 Å². The fraction of sp³-hybridized carbons (Fsp3) is 1.00. The number of piperidine rings is 1. The molecule has 1 N–H and O–H groups in total. The van der Waals surface area contributed by atoms with Gasteiger partial charge in [-0.15, -0.1) is 0 Å². The number of hydrogen-bond acceptors (Lipinski definition) is 2. The van der Waals surface area contributed by atoms with Gasteiger partial charge >= 0.3 is 0 Å². The first-order valence-electron chi connectivity index (χ1n) is 7.17. The van der Waals surface area contributed by atoms with Gasteiger partial charge in [-0.3, -0.25) is 4.90 Å². The standard InChI is InChI=1S/C14H28N2/c1-11(2)16-9-5-4-6-14(16)10-15-12(3)13-7-8-13/h11-15H,4-10H2,1-3H3. The van der Waals surface area contributed by atoms with E-state index in [1.54, 1.807) is 0 Å². The average Bonchev–Trinajstić information content (AvgIpc) is 3.10. The predicted molar refractivity (Wildman–Crippen MR) is 69.7 cm³/mol. The topological polar surface area (TPSA) is 15.3 Å². The Morgan fingerprint density at radius 1 is 1.12 bits per heavy atom. The van der Waals surface area contributed by atoms with E-state index in [1.807, 2.05) is 0 Å². The molecule has 16 heavy (non-hydrogen) atoms. The summed E-state index contributed by atoms with van der Waals surface area (Å²) in [7, 11) is 0. The normalized spacial score (nSPS) is 29.6. The second-order valence-corrected chi connectivity index (χ2v) is 6.02. The quantitative estimate of drug-likeness (QED) is 0.772. The van der Waals surface area contributed by atoms with Crippen molar-refractivity contribution in [3.8, 4) is 0 Å². The third kappa shape index (κ3) is 3.21. The summed E-state index contributed by atoms with van der Waals surface area (Å²) < 4.78 is 0. The molecule has 0 radical (unpaired) electrons. The van der Waals surface area contributed by atoms with E-state index >= 15 is 0 Å². The monoisotopic (exact) mass is 224 g/mol. The zero-order chi connectivity index (χ0) is 11.5. The van der Waals surface area contributed by atoms with Gasteiger partial charge in [0, 0.05) is 24.7 Å². The Morgan fingerprint density at radius 3 is 2.50 bits per heavy atom. The van der Waals surface area contributed by atoms with Gasteiger partial charge in [0.05, 0.1) is 0 Å². The van der Waals surface area contributed by atoms with E-state index < -0.39 is 0 Å². The van der Waals surface area contributed by atoms with Crippen LogP contribution in [0.2, 0.25) is 0 Å². The number of likely N-dealkylation sites (tertiary alicyclic amines) is 1. The minimum Gasteiger partial charge on any atom is -0.312 e. The summed E-state index contributed by atoms with van der Waals surface area (Å²) in [5.41, 5.74) is 0. The maximum absolute atomic E-state index is 3.76. The largest absolute Gasteiger partial charge is 0.312 e. The molecule has 2 nitrogen and oxygen atoms in total.